The van der Waals surface area contributed by atoms with Gasteiger partial charge in [-0.3, -0.25) is 9.32 Å². The summed E-state index contributed by atoms with van der Waals surface area (Å²) < 4.78 is 50.9. The van der Waals surface area contributed by atoms with Crippen molar-refractivity contribution in [1.82, 2.24) is 5.27 Å². The lowest BCUT2D eigenvalue weighted by Gasteiger charge is -2.16. The molecule has 164 valence electrons. The molecule has 0 fully saturated rings. The Balaban J connectivity index is 1.85. The van der Waals surface area contributed by atoms with Gasteiger partial charge in [0.2, 0.25) is 11.6 Å². The minimum absolute atomic E-state index is 0.0799. The Morgan fingerprint density at radius 3 is 2.52 bits per heavy atom. The van der Waals surface area contributed by atoms with Crippen LogP contribution in [0.15, 0.2) is 62.9 Å². The van der Waals surface area contributed by atoms with E-state index in [9.17, 15) is 22.8 Å². The van der Waals surface area contributed by atoms with Crippen LogP contribution in [0.25, 0.3) is 5.69 Å². The first-order valence-electron chi connectivity index (χ1n) is 9.16. The molecule has 1 unspecified atom stereocenters. The summed E-state index contributed by atoms with van der Waals surface area (Å²) in [5.74, 6) is -0.0513. The van der Waals surface area contributed by atoms with Gasteiger partial charge in [-0.1, -0.05) is 19.1 Å². The zero-order valence-electron chi connectivity index (χ0n) is 16.5. The number of amides is 1. The molecule has 7 nitrogen and oxygen atoms in total. The van der Waals surface area contributed by atoms with Gasteiger partial charge in [-0.05, 0) is 52.4 Å². The number of carbonyl (C=O) groups excluding carboxylic acids is 1. The van der Waals surface area contributed by atoms with Crippen molar-refractivity contribution in [2.75, 3.05) is 12.4 Å². The minimum atomic E-state index is -4.61. The average molecular weight is 454 g/mol. The standard InChI is InChI=1S/C20H18F3N3O4S/c1-3-16(17(27)24-15-7-5-4-6-14(15)20(21,22)23)31-18-19(28)30-25-26(18)12-8-10-13(29-2)11-9-12/h4-11,16H,3H2,1-2H3,(H-,24,25,27,28)/p+1. The number of aromatic amines is 1. The third kappa shape index (κ3) is 5.10. The number of carbonyl (C=O) groups is 1. The lowest BCUT2D eigenvalue weighted by atomic mass is 10.1. The predicted octanol–water partition coefficient (Wildman–Crippen LogP) is 3.78. The number of nitrogens with one attached hydrogen (secondary N) is 2. The monoisotopic (exact) mass is 454 g/mol. The van der Waals surface area contributed by atoms with Crippen molar-refractivity contribution in [2.45, 2.75) is 29.8 Å². The molecule has 2 aromatic carbocycles. The lowest BCUT2D eigenvalue weighted by molar-refractivity contribution is -0.704. The number of nitrogens with zero attached hydrogens (tertiary/aromatic N) is 1. The number of alkyl halides is 3. The summed E-state index contributed by atoms with van der Waals surface area (Å²) in [6.07, 6.45) is -4.35. The topological polar surface area (TPSA) is 88.2 Å². The largest absolute Gasteiger partial charge is 0.497 e. The van der Waals surface area contributed by atoms with Crippen molar-refractivity contribution in [3.05, 3.63) is 64.5 Å². The molecular formula is C20H19F3N3O4S+. The third-order valence-corrected chi connectivity index (χ3v) is 5.75. The number of aromatic nitrogens is 2. The van der Waals surface area contributed by atoms with Crippen LogP contribution in [0.5, 0.6) is 5.75 Å². The number of ether oxygens (including phenoxy) is 1. The average Bonchev–Trinajstić information content (AvgIpc) is 3.11. The van der Waals surface area contributed by atoms with E-state index in [0.717, 1.165) is 17.8 Å². The summed E-state index contributed by atoms with van der Waals surface area (Å²) in [5.41, 5.74) is -1.45. The maximum atomic E-state index is 13.2. The Morgan fingerprint density at radius 2 is 1.90 bits per heavy atom. The summed E-state index contributed by atoms with van der Waals surface area (Å²) in [4.78, 5) is 24.9. The van der Waals surface area contributed by atoms with Crippen LogP contribution >= 0.6 is 11.8 Å². The van der Waals surface area contributed by atoms with Crippen LogP contribution in [-0.4, -0.2) is 23.5 Å². The van der Waals surface area contributed by atoms with E-state index in [1.807, 2.05) is 0 Å². The highest BCUT2D eigenvalue weighted by atomic mass is 32.2. The number of benzene rings is 2. The summed E-state index contributed by atoms with van der Waals surface area (Å²) in [7, 11) is 1.52. The fraction of sp³-hybridized carbons (Fsp3) is 0.250. The highest BCUT2D eigenvalue weighted by molar-refractivity contribution is 8.00. The van der Waals surface area contributed by atoms with Crippen molar-refractivity contribution in [1.29, 1.82) is 0 Å². The molecule has 0 aliphatic heterocycles. The fourth-order valence-electron chi connectivity index (χ4n) is 2.78. The van der Waals surface area contributed by atoms with E-state index in [1.54, 1.807) is 31.2 Å². The van der Waals surface area contributed by atoms with E-state index in [2.05, 4.69) is 10.6 Å². The Hall–Kier alpha value is -3.21. The Kier molecular flexibility index (Phi) is 6.74. The van der Waals surface area contributed by atoms with E-state index in [1.165, 1.54) is 30.0 Å². The third-order valence-electron chi connectivity index (χ3n) is 4.35. The van der Waals surface area contributed by atoms with E-state index in [-0.39, 0.29) is 17.1 Å². The van der Waals surface area contributed by atoms with Crippen LogP contribution in [-0.2, 0) is 11.0 Å². The number of rotatable bonds is 7. The smallest absolute Gasteiger partial charge is 0.442 e. The number of halogens is 3. The SMILES string of the molecule is CCC(Sc1c(=O)o[nH][n+]1-c1ccc(OC)cc1)C(=O)Nc1ccccc1C(F)(F)F. The highest BCUT2D eigenvalue weighted by Crippen LogP contribution is 2.35. The van der Waals surface area contributed by atoms with Gasteiger partial charge in [0.1, 0.15) is 5.75 Å². The fourth-order valence-corrected chi connectivity index (χ4v) is 3.76. The van der Waals surface area contributed by atoms with Crippen molar-refractivity contribution < 1.29 is 31.9 Å². The van der Waals surface area contributed by atoms with E-state index < -0.39 is 28.5 Å². The predicted molar refractivity (Wildman–Crippen MR) is 107 cm³/mol. The van der Waals surface area contributed by atoms with Gasteiger partial charge in [-0.15, -0.1) is 0 Å². The van der Waals surface area contributed by atoms with Crippen molar-refractivity contribution in [3.63, 3.8) is 0 Å². The zero-order chi connectivity index (χ0) is 22.6. The summed E-state index contributed by atoms with van der Waals surface area (Å²) in [6, 6.07) is 11.4. The van der Waals surface area contributed by atoms with Gasteiger partial charge in [-0.2, -0.15) is 13.2 Å². The Bertz CT molecular complexity index is 1110. The number of H-pyrrole nitrogens is 1. The van der Waals surface area contributed by atoms with Gasteiger partial charge in [-0.25, -0.2) is 4.79 Å². The molecule has 3 aromatic rings. The van der Waals surface area contributed by atoms with Crippen LogP contribution in [0.4, 0.5) is 18.9 Å². The number of methoxy groups -OCH3 is 1. The quantitative estimate of drug-likeness (QED) is 0.419. The van der Waals surface area contributed by atoms with Gasteiger partial charge in [0, 0.05) is 12.1 Å². The van der Waals surface area contributed by atoms with Crippen LogP contribution in [0.2, 0.25) is 0 Å². The van der Waals surface area contributed by atoms with Crippen molar-refractivity contribution in [3.8, 4) is 11.4 Å². The van der Waals surface area contributed by atoms with E-state index >= 15 is 0 Å². The molecule has 0 spiro atoms. The van der Waals surface area contributed by atoms with Gasteiger partial charge in [0.15, 0.2) is 0 Å². The molecule has 0 saturated heterocycles. The molecule has 0 bridgehead atoms. The van der Waals surface area contributed by atoms with Gasteiger partial charge >= 0.3 is 16.8 Å². The van der Waals surface area contributed by atoms with Crippen molar-refractivity contribution in [2.24, 2.45) is 0 Å². The van der Waals surface area contributed by atoms with Crippen LogP contribution in [0, 0.1) is 0 Å². The molecule has 1 atom stereocenters. The van der Waals surface area contributed by atoms with E-state index in [4.69, 9.17) is 9.26 Å². The Labute approximate surface area is 179 Å². The molecule has 0 saturated carbocycles. The normalized spacial score (nSPS) is 12.4. The van der Waals surface area contributed by atoms with Gasteiger partial charge < -0.3 is 10.1 Å². The number of hydrogen-bond donors (Lipinski definition) is 2. The van der Waals surface area contributed by atoms with Crippen LogP contribution < -0.4 is 20.4 Å². The number of para-hydroxylation sites is 1. The minimum Gasteiger partial charge on any atom is -0.497 e. The molecule has 0 aliphatic rings. The summed E-state index contributed by atoms with van der Waals surface area (Å²) in [5, 5.41) is 4.02. The summed E-state index contributed by atoms with van der Waals surface area (Å²) in [6.45, 7) is 1.69. The van der Waals surface area contributed by atoms with Crippen LogP contribution in [0.1, 0.15) is 18.9 Å². The molecule has 2 N–H and O–H groups in total. The molecule has 31 heavy (non-hydrogen) atoms. The first kappa shape index (κ1) is 22.5. The van der Waals surface area contributed by atoms with Crippen molar-refractivity contribution >= 4 is 23.4 Å². The number of anilines is 1. The molecule has 1 amide bonds. The molecule has 1 aromatic heterocycles. The second kappa shape index (κ2) is 9.29. The van der Waals surface area contributed by atoms with E-state index in [0.29, 0.717) is 11.4 Å². The Morgan fingerprint density at radius 1 is 1.23 bits per heavy atom. The number of thioether (sulfide) groups is 1. The number of hydrogen-bond acceptors (Lipinski definition) is 5. The second-order valence-electron chi connectivity index (χ2n) is 6.37. The maximum Gasteiger partial charge on any atom is 0.442 e. The molecule has 0 aliphatic carbocycles. The molecular weight excluding hydrogens is 435 g/mol. The maximum absolute atomic E-state index is 13.2. The van der Waals surface area contributed by atoms with Gasteiger partial charge in [0.05, 0.1) is 23.6 Å². The first-order chi connectivity index (χ1) is 14.7. The second-order valence-corrected chi connectivity index (χ2v) is 7.56. The molecule has 0 radical (unpaired) electrons. The lowest BCUT2D eigenvalue weighted by Crippen LogP contribution is -2.37. The highest BCUT2D eigenvalue weighted by Gasteiger charge is 2.35. The molecule has 1 heterocycles. The molecule has 11 heteroatoms. The first-order valence-corrected chi connectivity index (χ1v) is 10.0. The molecule has 3 rings (SSSR count). The zero-order valence-corrected chi connectivity index (χ0v) is 17.3. The van der Waals surface area contributed by atoms with Crippen LogP contribution in [0.3, 0.4) is 0 Å². The van der Waals surface area contributed by atoms with Gasteiger partial charge in [0.25, 0.3) is 0 Å². The summed E-state index contributed by atoms with van der Waals surface area (Å²) >= 11 is 0.895.